The molecule has 2 atom stereocenters. The Kier molecular flexibility index (Phi) is 7.69. The monoisotopic (exact) mass is 604 g/mol. The van der Waals surface area contributed by atoms with Crippen molar-refractivity contribution in [3.8, 4) is 0 Å². The van der Waals surface area contributed by atoms with Crippen molar-refractivity contribution in [2.75, 3.05) is 0 Å². The summed E-state index contributed by atoms with van der Waals surface area (Å²) in [6.07, 6.45) is 0. The van der Waals surface area contributed by atoms with Crippen LogP contribution < -0.4 is 31.4 Å². The summed E-state index contributed by atoms with van der Waals surface area (Å²) in [6, 6.07) is 62.9. The highest BCUT2D eigenvalue weighted by Crippen LogP contribution is 2.55. The van der Waals surface area contributed by atoms with Crippen molar-refractivity contribution in [2.45, 2.75) is 23.9 Å². The smallest absolute Gasteiger partial charge is 0.0384 e. The minimum absolute atomic E-state index is 0.189. The maximum atomic E-state index is 4.37. The lowest BCUT2D eigenvalue weighted by molar-refractivity contribution is 0.349. The first-order chi connectivity index (χ1) is 21.9. The molecule has 6 aromatic rings. The van der Waals surface area contributed by atoms with Crippen molar-refractivity contribution in [1.29, 1.82) is 0 Å². The van der Waals surface area contributed by atoms with E-state index < -0.39 is 16.1 Å². The zero-order valence-corrected chi connectivity index (χ0v) is 26.2. The molecule has 0 spiro atoms. The van der Waals surface area contributed by atoms with Crippen LogP contribution in [0.15, 0.2) is 170 Å². The first kappa shape index (κ1) is 27.6. The van der Waals surface area contributed by atoms with E-state index in [4.69, 9.17) is 0 Å². The third kappa shape index (κ3) is 5.03. The molecule has 6 aromatic carbocycles. The van der Waals surface area contributed by atoms with Crippen LogP contribution in [0.5, 0.6) is 0 Å². The van der Waals surface area contributed by atoms with E-state index in [1.54, 1.807) is 0 Å². The number of benzene rings is 6. The lowest BCUT2D eigenvalue weighted by atomic mass is 9.59. The van der Waals surface area contributed by atoms with E-state index in [0.717, 1.165) is 0 Å². The summed E-state index contributed by atoms with van der Waals surface area (Å²) >= 11 is 0. The second-order valence-corrected chi connectivity index (χ2v) is 15.5. The normalized spacial score (nSPS) is 20.0. The summed E-state index contributed by atoms with van der Waals surface area (Å²) < 4.78 is 0. The van der Waals surface area contributed by atoms with E-state index in [0.29, 0.717) is 0 Å². The highest BCUT2D eigenvalue weighted by molar-refractivity contribution is 7.71. The molecule has 0 aromatic heterocycles. The molecule has 0 amide bonds. The summed E-state index contributed by atoms with van der Waals surface area (Å²) in [4.78, 5) is 0. The van der Waals surface area contributed by atoms with Crippen LogP contribution in [0.1, 0.15) is 34.1 Å². The highest BCUT2D eigenvalue weighted by Gasteiger charge is 2.51. The molecule has 0 radical (unpaired) electrons. The SMILES string of the molecule is c1ccc(P(N[C@@H]2C3c4ccccc4C(c4ccccc43)[C@H]2NP(c2ccccc2)c2ccccc2)c2ccccc2)cc1. The Morgan fingerprint density at radius 3 is 0.773 bits per heavy atom. The van der Waals surface area contributed by atoms with E-state index in [1.165, 1.54) is 43.5 Å². The van der Waals surface area contributed by atoms with E-state index in [2.05, 4.69) is 180 Å². The molecule has 2 N–H and O–H groups in total. The molecule has 214 valence electrons. The number of hydrogen-bond acceptors (Lipinski definition) is 2. The van der Waals surface area contributed by atoms with Crippen molar-refractivity contribution < 1.29 is 0 Å². The fraction of sp³-hybridized carbons (Fsp3) is 0.100. The highest BCUT2D eigenvalue weighted by atomic mass is 31.1. The second-order valence-electron chi connectivity index (χ2n) is 11.5. The number of hydrogen-bond donors (Lipinski definition) is 2. The predicted octanol–water partition coefficient (Wildman–Crippen LogP) is 7.29. The summed E-state index contributed by atoms with van der Waals surface area (Å²) in [7, 11) is -1.61. The summed E-state index contributed by atoms with van der Waals surface area (Å²) in [5.74, 6) is 0.483. The average molecular weight is 605 g/mol. The van der Waals surface area contributed by atoms with Crippen molar-refractivity contribution in [3.63, 3.8) is 0 Å². The molecule has 4 heteroatoms. The van der Waals surface area contributed by atoms with Gasteiger partial charge in [-0.1, -0.05) is 170 Å². The quantitative estimate of drug-likeness (QED) is 0.178. The molecule has 0 unspecified atom stereocenters. The van der Waals surface area contributed by atoms with Gasteiger partial charge in [0.1, 0.15) is 0 Å². The van der Waals surface area contributed by atoms with Gasteiger partial charge in [0, 0.05) is 40.1 Å². The van der Waals surface area contributed by atoms with Crippen LogP contribution in [-0.2, 0) is 0 Å². The van der Waals surface area contributed by atoms with Gasteiger partial charge >= 0.3 is 0 Å². The van der Waals surface area contributed by atoms with Gasteiger partial charge in [0.15, 0.2) is 0 Å². The van der Waals surface area contributed by atoms with Gasteiger partial charge in [0.2, 0.25) is 0 Å². The van der Waals surface area contributed by atoms with Crippen molar-refractivity contribution >= 4 is 37.4 Å². The molecule has 0 aliphatic heterocycles. The zero-order valence-electron chi connectivity index (χ0n) is 24.4. The zero-order chi connectivity index (χ0) is 29.3. The number of nitrogens with one attached hydrogen (secondary N) is 2. The van der Waals surface area contributed by atoms with Crippen LogP contribution in [0.25, 0.3) is 0 Å². The van der Waals surface area contributed by atoms with Crippen LogP contribution >= 0.6 is 16.1 Å². The molecule has 2 nitrogen and oxygen atoms in total. The third-order valence-corrected chi connectivity index (χ3v) is 13.4. The topological polar surface area (TPSA) is 24.1 Å². The van der Waals surface area contributed by atoms with Gasteiger partial charge in [-0.15, -0.1) is 0 Å². The Hall–Kier alpha value is -3.90. The van der Waals surface area contributed by atoms with E-state index in [1.807, 2.05) is 0 Å². The first-order valence-electron chi connectivity index (χ1n) is 15.4. The Balaban J connectivity index is 1.30. The van der Waals surface area contributed by atoms with Crippen molar-refractivity contribution in [2.24, 2.45) is 0 Å². The van der Waals surface area contributed by atoms with Gasteiger partial charge < -0.3 is 0 Å². The third-order valence-electron chi connectivity index (χ3n) is 9.05. The Labute approximate surface area is 262 Å². The second kappa shape index (κ2) is 12.2. The number of rotatable bonds is 8. The van der Waals surface area contributed by atoms with E-state index in [9.17, 15) is 0 Å². The molecule has 3 aliphatic rings. The molecule has 9 rings (SSSR count). The Morgan fingerprint density at radius 2 is 0.523 bits per heavy atom. The van der Waals surface area contributed by atoms with E-state index in [-0.39, 0.29) is 23.9 Å². The number of fused-ring (bicyclic) bond motifs is 1. The molecule has 44 heavy (non-hydrogen) atoms. The fourth-order valence-electron chi connectivity index (χ4n) is 7.19. The molecule has 0 fully saturated rings. The minimum Gasteiger partial charge on any atom is -0.283 e. The first-order valence-corrected chi connectivity index (χ1v) is 18.1. The van der Waals surface area contributed by atoms with Crippen molar-refractivity contribution in [3.05, 3.63) is 192 Å². The van der Waals surface area contributed by atoms with Crippen LogP contribution in [0, 0.1) is 0 Å². The average Bonchev–Trinajstić information content (AvgIpc) is 3.11. The van der Waals surface area contributed by atoms with Gasteiger partial charge in [0.05, 0.1) is 0 Å². The summed E-state index contributed by atoms with van der Waals surface area (Å²) in [5.41, 5.74) is 5.86. The molecule has 3 aliphatic carbocycles. The maximum absolute atomic E-state index is 4.37. The Morgan fingerprint density at radius 1 is 0.295 bits per heavy atom. The lowest BCUT2D eigenvalue weighted by Gasteiger charge is -2.53. The molecule has 0 heterocycles. The molecule has 0 saturated heterocycles. The van der Waals surface area contributed by atoms with Crippen LogP contribution in [0.4, 0.5) is 0 Å². The van der Waals surface area contributed by atoms with E-state index >= 15 is 0 Å². The van der Waals surface area contributed by atoms with Crippen LogP contribution in [-0.4, -0.2) is 12.1 Å². The van der Waals surface area contributed by atoms with Gasteiger partial charge in [-0.3, -0.25) is 10.2 Å². The molecule has 0 saturated carbocycles. The minimum atomic E-state index is -0.807. The van der Waals surface area contributed by atoms with Crippen LogP contribution in [0.3, 0.4) is 0 Å². The standard InChI is InChI=1S/C40H34N2P2/c1-5-17-29(18-6-1)43(30-19-7-2-8-20-30)41-39-37-33-25-13-15-27-35(33)38(36-28-16-14-26-34(36)37)40(39)42-44(31-21-9-3-10-22-31)32-23-11-4-12-24-32/h1-28,37-42H/t37?,38?,39-,40-/m1/s1. The molecule has 2 bridgehead atoms. The van der Waals surface area contributed by atoms with Gasteiger partial charge in [0.25, 0.3) is 0 Å². The van der Waals surface area contributed by atoms with Crippen LogP contribution in [0.2, 0.25) is 0 Å². The lowest BCUT2D eigenvalue weighted by Crippen LogP contribution is -2.59. The summed E-state index contributed by atoms with van der Waals surface area (Å²) in [5, 5.41) is 14.1. The maximum Gasteiger partial charge on any atom is 0.0384 e. The predicted molar refractivity (Wildman–Crippen MR) is 189 cm³/mol. The largest absolute Gasteiger partial charge is 0.283 e. The summed E-state index contributed by atoms with van der Waals surface area (Å²) in [6.45, 7) is 0. The Bertz CT molecular complexity index is 1580. The van der Waals surface area contributed by atoms with Gasteiger partial charge in [-0.2, -0.15) is 0 Å². The van der Waals surface area contributed by atoms with Gasteiger partial charge in [-0.25, -0.2) is 0 Å². The molecular weight excluding hydrogens is 570 g/mol. The fourth-order valence-corrected chi connectivity index (χ4v) is 11.5. The molecular formula is C40H34N2P2. The van der Waals surface area contributed by atoms with Crippen molar-refractivity contribution in [1.82, 2.24) is 10.2 Å². The van der Waals surface area contributed by atoms with Gasteiger partial charge in [-0.05, 0) is 43.5 Å².